The van der Waals surface area contributed by atoms with Crippen molar-refractivity contribution in [2.45, 2.75) is 46.6 Å². The standard InChI is InChI=1S/C27H28F2N4O2.CH4/c1-17-11-21(14-22(28)26(17)29)23-8-10-35-31-27-20(5-4-9-33(23)27)12-19-6-7-24(25(13-19)34-3)32-15-18(2)30-16-32;/h6-7,11-16,23H,4-5,8-10H2,1-3H3;1H4/b20-12+;. The maximum Gasteiger partial charge on any atom is 0.171 e. The van der Waals surface area contributed by atoms with Crippen LogP contribution in [0.25, 0.3) is 11.8 Å². The average molecular weight is 495 g/mol. The third kappa shape index (κ3) is 4.85. The molecule has 8 heteroatoms. The fourth-order valence-electron chi connectivity index (χ4n) is 4.86. The molecule has 1 aromatic heterocycles. The highest BCUT2D eigenvalue weighted by atomic mass is 19.2. The summed E-state index contributed by atoms with van der Waals surface area (Å²) in [5.41, 5.74) is 4.89. The number of halogens is 2. The van der Waals surface area contributed by atoms with E-state index in [4.69, 9.17) is 9.57 Å². The highest BCUT2D eigenvalue weighted by Crippen LogP contribution is 2.35. The third-order valence-corrected chi connectivity index (χ3v) is 6.57. The van der Waals surface area contributed by atoms with E-state index in [1.807, 2.05) is 35.9 Å². The Bertz CT molecular complexity index is 1290. The SMILES string of the molecule is C.COc1cc(/C=C2\CCCN3C2=NOCCC3c2cc(C)c(F)c(F)c2)ccc1-n1cnc(C)c1. The van der Waals surface area contributed by atoms with E-state index in [1.54, 1.807) is 26.4 Å². The van der Waals surface area contributed by atoms with Gasteiger partial charge in [-0.05, 0) is 73.2 Å². The van der Waals surface area contributed by atoms with Crippen molar-refractivity contribution in [2.75, 3.05) is 20.3 Å². The summed E-state index contributed by atoms with van der Waals surface area (Å²) in [7, 11) is 1.65. The Balaban J connectivity index is 0.00000304. The molecule has 3 heterocycles. The van der Waals surface area contributed by atoms with Crippen LogP contribution in [-0.2, 0) is 4.84 Å². The maximum absolute atomic E-state index is 14.2. The molecule has 0 aliphatic carbocycles. The van der Waals surface area contributed by atoms with Gasteiger partial charge in [0.25, 0.3) is 0 Å². The molecule has 2 aliphatic rings. The maximum atomic E-state index is 14.2. The van der Waals surface area contributed by atoms with Gasteiger partial charge in [-0.15, -0.1) is 0 Å². The molecule has 3 aromatic rings. The molecule has 0 saturated carbocycles. The van der Waals surface area contributed by atoms with Gasteiger partial charge in [-0.25, -0.2) is 13.8 Å². The Morgan fingerprint density at radius 3 is 2.72 bits per heavy atom. The molecule has 36 heavy (non-hydrogen) atoms. The molecule has 2 aromatic carbocycles. The lowest BCUT2D eigenvalue weighted by Crippen LogP contribution is -2.39. The number of amidine groups is 1. The van der Waals surface area contributed by atoms with Crippen molar-refractivity contribution < 1.29 is 18.4 Å². The molecule has 0 spiro atoms. The van der Waals surface area contributed by atoms with E-state index in [9.17, 15) is 8.78 Å². The normalized spacial score (nSPS) is 18.6. The zero-order valence-corrected chi connectivity index (χ0v) is 20.1. The summed E-state index contributed by atoms with van der Waals surface area (Å²) in [6, 6.07) is 8.92. The molecule has 1 unspecified atom stereocenters. The van der Waals surface area contributed by atoms with E-state index in [-0.39, 0.29) is 13.5 Å². The molecule has 1 atom stereocenters. The highest BCUT2D eigenvalue weighted by molar-refractivity contribution is 6.02. The number of methoxy groups -OCH3 is 1. The number of benzene rings is 2. The Labute approximate surface area is 210 Å². The fourth-order valence-corrected chi connectivity index (χ4v) is 4.86. The molecule has 1 fully saturated rings. The number of piperidine rings is 1. The number of hydrogen-bond donors (Lipinski definition) is 0. The van der Waals surface area contributed by atoms with Crippen LogP contribution in [-0.4, -0.2) is 40.5 Å². The number of aromatic nitrogens is 2. The number of imidazole rings is 1. The monoisotopic (exact) mass is 494 g/mol. The van der Waals surface area contributed by atoms with Crippen LogP contribution in [0.3, 0.4) is 0 Å². The van der Waals surface area contributed by atoms with Crippen LogP contribution in [0.15, 0.2) is 53.6 Å². The second kappa shape index (κ2) is 10.5. The Kier molecular flexibility index (Phi) is 7.43. The van der Waals surface area contributed by atoms with E-state index >= 15 is 0 Å². The van der Waals surface area contributed by atoms with Crippen molar-refractivity contribution >= 4 is 11.9 Å². The van der Waals surface area contributed by atoms with Gasteiger partial charge in [0.1, 0.15) is 12.4 Å². The number of oxime groups is 1. The predicted octanol–water partition coefficient (Wildman–Crippen LogP) is 6.37. The van der Waals surface area contributed by atoms with Gasteiger partial charge >= 0.3 is 0 Å². The molecule has 190 valence electrons. The van der Waals surface area contributed by atoms with Gasteiger partial charge in [0, 0.05) is 19.2 Å². The summed E-state index contributed by atoms with van der Waals surface area (Å²) in [5, 5.41) is 4.43. The second-order valence-corrected chi connectivity index (χ2v) is 9.01. The van der Waals surface area contributed by atoms with Crippen LogP contribution >= 0.6 is 0 Å². The van der Waals surface area contributed by atoms with Crippen LogP contribution in [0.2, 0.25) is 0 Å². The number of fused-ring (bicyclic) bond motifs is 1. The summed E-state index contributed by atoms with van der Waals surface area (Å²) in [6.45, 7) is 4.71. The first-order valence-corrected chi connectivity index (χ1v) is 11.8. The summed E-state index contributed by atoms with van der Waals surface area (Å²) >= 11 is 0. The highest BCUT2D eigenvalue weighted by Gasteiger charge is 2.32. The Morgan fingerprint density at radius 2 is 2.00 bits per heavy atom. The van der Waals surface area contributed by atoms with Gasteiger partial charge in [0.15, 0.2) is 17.5 Å². The van der Waals surface area contributed by atoms with Crippen molar-refractivity contribution in [3.05, 3.63) is 82.4 Å². The summed E-state index contributed by atoms with van der Waals surface area (Å²) < 4.78 is 35.8. The van der Waals surface area contributed by atoms with Crippen LogP contribution in [0.5, 0.6) is 5.75 Å². The number of aryl methyl sites for hydroxylation is 2. The van der Waals surface area contributed by atoms with E-state index in [0.717, 1.165) is 59.1 Å². The van der Waals surface area contributed by atoms with Crippen molar-refractivity contribution in [1.82, 2.24) is 14.5 Å². The molecule has 5 rings (SSSR count). The van der Waals surface area contributed by atoms with Gasteiger partial charge in [-0.2, -0.15) is 0 Å². The van der Waals surface area contributed by atoms with E-state index in [0.29, 0.717) is 18.6 Å². The van der Waals surface area contributed by atoms with Crippen molar-refractivity contribution in [3.8, 4) is 11.4 Å². The zero-order valence-electron chi connectivity index (χ0n) is 20.1. The predicted molar refractivity (Wildman–Crippen MR) is 137 cm³/mol. The van der Waals surface area contributed by atoms with E-state index in [1.165, 1.54) is 6.07 Å². The van der Waals surface area contributed by atoms with Crippen molar-refractivity contribution in [2.24, 2.45) is 5.16 Å². The number of ether oxygens (including phenoxy) is 1. The molecule has 1 saturated heterocycles. The number of nitrogens with zero attached hydrogens (tertiary/aromatic N) is 4. The Morgan fingerprint density at radius 1 is 1.17 bits per heavy atom. The summed E-state index contributed by atoms with van der Waals surface area (Å²) in [6.07, 6.45) is 8.21. The minimum Gasteiger partial charge on any atom is -0.495 e. The van der Waals surface area contributed by atoms with Gasteiger partial charge in [-0.3, -0.25) is 0 Å². The first-order chi connectivity index (χ1) is 16.9. The molecular formula is C28H32F2N4O2. The van der Waals surface area contributed by atoms with Crippen LogP contribution in [0, 0.1) is 25.5 Å². The minimum atomic E-state index is -0.823. The Hall–Kier alpha value is -3.68. The molecule has 2 aliphatic heterocycles. The molecule has 6 nitrogen and oxygen atoms in total. The number of rotatable bonds is 4. The summed E-state index contributed by atoms with van der Waals surface area (Å²) in [4.78, 5) is 12.1. The largest absolute Gasteiger partial charge is 0.495 e. The minimum absolute atomic E-state index is 0. The summed E-state index contributed by atoms with van der Waals surface area (Å²) in [5.74, 6) is -0.139. The lowest BCUT2D eigenvalue weighted by molar-refractivity contribution is 0.140. The van der Waals surface area contributed by atoms with E-state index < -0.39 is 11.6 Å². The zero-order chi connectivity index (χ0) is 24.5. The third-order valence-electron chi connectivity index (χ3n) is 6.57. The topological polar surface area (TPSA) is 51.9 Å². The van der Waals surface area contributed by atoms with Gasteiger partial charge in [0.2, 0.25) is 0 Å². The average Bonchev–Trinajstić information content (AvgIpc) is 3.16. The first-order valence-electron chi connectivity index (χ1n) is 11.8. The second-order valence-electron chi connectivity index (χ2n) is 9.01. The molecular weight excluding hydrogens is 462 g/mol. The van der Waals surface area contributed by atoms with Gasteiger partial charge in [-0.1, -0.05) is 24.7 Å². The number of hydrogen-bond acceptors (Lipinski definition) is 5. The van der Waals surface area contributed by atoms with Crippen LogP contribution in [0.1, 0.15) is 55.1 Å². The fraction of sp³-hybridized carbons (Fsp3) is 0.357. The van der Waals surface area contributed by atoms with E-state index in [2.05, 4.69) is 21.1 Å². The van der Waals surface area contributed by atoms with Crippen LogP contribution < -0.4 is 4.74 Å². The smallest absolute Gasteiger partial charge is 0.171 e. The van der Waals surface area contributed by atoms with Gasteiger partial charge < -0.3 is 19.0 Å². The lowest BCUT2D eigenvalue weighted by Gasteiger charge is -2.36. The molecule has 0 amide bonds. The lowest BCUT2D eigenvalue weighted by atomic mass is 9.94. The molecule has 0 bridgehead atoms. The quantitative estimate of drug-likeness (QED) is 0.423. The van der Waals surface area contributed by atoms with Gasteiger partial charge in [0.05, 0.1) is 30.9 Å². The van der Waals surface area contributed by atoms with Crippen molar-refractivity contribution in [3.63, 3.8) is 0 Å². The van der Waals surface area contributed by atoms with Crippen molar-refractivity contribution in [1.29, 1.82) is 0 Å². The van der Waals surface area contributed by atoms with Crippen LogP contribution in [0.4, 0.5) is 8.78 Å². The first kappa shape index (κ1) is 25.4. The molecule has 0 radical (unpaired) electrons. The molecule has 0 N–H and O–H groups in total.